The van der Waals surface area contributed by atoms with Crippen molar-refractivity contribution in [2.75, 3.05) is 41.3 Å². The molecule has 0 aliphatic rings. The lowest BCUT2D eigenvalue weighted by molar-refractivity contribution is -0.384. The van der Waals surface area contributed by atoms with Crippen molar-refractivity contribution >= 4 is 23.9 Å². The first-order valence-corrected chi connectivity index (χ1v) is 10.1. The molecule has 2 aromatic rings. The van der Waals surface area contributed by atoms with Gasteiger partial charge >= 0.3 is 11.9 Å². The molecule has 2 rings (SSSR count). The Hall–Kier alpha value is -3.83. The topological polar surface area (TPSA) is 140 Å². The summed E-state index contributed by atoms with van der Waals surface area (Å²) in [5, 5.41) is 11.3. The summed E-state index contributed by atoms with van der Waals surface area (Å²) in [7, 11) is 3.87. The highest BCUT2D eigenvalue weighted by Crippen LogP contribution is 2.38. The molecule has 34 heavy (non-hydrogen) atoms. The average Bonchev–Trinajstić information content (AvgIpc) is 2.86. The predicted molar refractivity (Wildman–Crippen MR) is 119 cm³/mol. The summed E-state index contributed by atoms with van der Waals surface area (Å²) in [6.07, 6.45) is 0.178. The maximum absolute atomic E-state index is 12.4. The summed E-state index contributed by atoms with van der Waals surface area (Å²) in [5.74, 6) is -2.37. The minimum Gasteiger partial charge on any atom is -0.469 e. The van der Waals surface area contributed by atoms with Crippen molar-refractivity contribution in [3.63, 3.8) is 0 Å². The maximum Gasteiger partial charge on any atom is 0.313 e. The van der Waals surface area contributed by atoms with Crippen molar-refractivity contribution in [3.8, 4) is 16.9 Å². The van der Waals surface area contributed by atoms with Crippen LogP contribution in [0.2, 0.25) is 0 Å². The van der Waals surface area contributed by atoms with Crippen LogP contribution in [0.15, 0.2) is 36.4 Å². The first kappa shape index (κ1) is 26.4. The number of esters is 2. The number of carbonyl (C=O) groups excluding carboxylic acids is 3. The average molecular weight is 475 g/mol. The van der Waals surface area contributed by atoms with Crippen LogP contribution in [0.25, 0.3) is 11.1 Å². The third-order valence-electron chi connectivity index (χ3n) is 4.84. The van der Waals surface area contributed by atoms with Gasteiger partial charge in [-0.2, -0.15) is 0 Å². The van der Waals surface area contributed by atoms with Gasteiger partial charge in [0.1, 0.15) is 5.75 Å². The quantitative estimate of drug-likeness (QED) is 0.106. The van der Waals surface area contributed by atoms with Crippen LogP contribution in [0.1, 0.15) is 28.3 Å². The van der Waals surface area contributed by atoms with E-state index in [4.69, 9.17) is 18.9 Å². The summed E-state index contributed by atoms with van der Waals surface area (Å²) < 4.78 is 25.4. The van der Waals surface area contributed by atoms with Crippen molar-refractivity contribution in [3.05, 3.63) is 57.6 Å². The van der Waals surface area contributed by atoms with E-state index >= 15 is 0 Å². The van der Waals surface area contributed by atoms with E-state index in [0.29, 0.717) is 18.5 Å². The lowest BCUT2D eigenvalue weighted by Gasteiger charge is -2.19. The summed E-state index contributed by atoms with van der Waals surface area (Å²) in [6.45, 7) is 0.337. The fourth-order valence-electron chi connectivity index (χ4n) is 3.16. The molecule has 11 heteroatoms. The number of hydrogen-bond donors (Lipinski definition) is 0. The highest BCUT2D eigenvalue weighted by Gasteiger charge is 2.28. The zero-order valence-corrected chi connectivity index (χ0v) is 19.0. The molecule has 11 nitrogen and oxygen atoms in total. The Morgan fingerprint density at radius 1 is 1.09 bits per heavy atom. The SMILES string of the molecule is COCCOCOc1c(C=O)cc(C(CC(=O)OC)C(=O)OC)cc1-c1cccc([N+](=O)[O-])c1. The Morgan fingerprint density at radius 3 is 2.47 bits per heavy atom. The Morgan fingerprint density at radius 2 is 1.85 bits per heavy atom. The third kappa shape index (κ3) is 6.83. The van der Waals surface area contributed by atoms with Crippen LogP contribution >= 0.6 is 0 Å². The summed E-state index contributed by atoms with van der Waals surface area (Å²) in [6, 6.07) is 8.60. The largest absolute Gasteiger partial charge is 0.469 e. The van der Waals surface area contributed by atoms with E-state index in [9.17, 15) is 24.5 Å². The molecular weight excluding hydrogens is 450 g/mol. The van der Waals surface area contributed by atoms with Crippen molar-refractivity contribution in [2.24, 2.45) is 0 Å². The molecule has 0 amide bonds. The fourth-order valence-corrected chi connectivity index (χ4v) is 3.16. The number of hydrogen-bond acceptors (Lipinski definition) is 10. The van der Waals surface area contributed by atoms with Gasteiger partial charge in [0.2, 0.25) is 0 Å². The number of ether oxygens (including phenoxy) is 5. The van der Waals surface area contributed by atoms with Gasteiger partial charge in [-0.05, 0) is 23.3 Å². The third-order valence-corrected chi connectivity index (χ3v) is 4.84. The second-order valence-electron chi connectivity index (χ2n) is 6.93. The van der Waals surface area contributed by atoms with Gasteiger partial charge in [0, 0.05) is 24.8 Å². The normalized spacial score (nSPS) is 11.4. The van der Waals surface area contributed by atoms with Gasteiger partial charge < -0.3 is 23.7 Å². The summed E-state index contributed by atoms with van der Waals surface area (Å²) >= 11 is 0. The van der Waals surface area contributed by atoms with E-state index in [2.05, 4.69) is 4.74 Å². The number of carbonyl (C=O) groups is 3. The zero-order valence-electron chi connectivity index (χ0n) is 19.0. The molecular formula is C23H25NO10. The van der Waals surface area contributed by atoms with Crippen LogP contribution in [0, 0.1) is 10.1 Å². The minimum absolute atomic E-state index is 0.0492. The van der Waals surface area contributed by atoms with Crippen LogP contribution in [-0.2, 0) is 28.5 Å². The number of nitro benzene ring substituents is 1. The van der Waals surface area contributed by atoms with Gasteiger partial charge in [-0.1, -0.05) is 12.1 Å². The Bertz CT molecular complexity index is 1040. The van der Waals surface area contributed by atoms with Crippen molar-refractivity contribution < 1.29 is 43.0 Å². The zero-order chi connectivity index (χ0) is 25.1. The van der Waals surface area contributed by atoms with E-state index in [0.717, 1.165) is 0 Å². The predicted octanol–water partition coefficient (Wildman–Crippen LogP) is 2.89. The molecule has 182 valence electrons. The lowest BCUT2D eigenvalue weighted by Crippen LogP contribution is -2.19. The van der Waals surface area contributed by atoms with Gasteiger partial charge in [-0.15, -0.1) is 0 Å². The molecule has 0 saturated carbocycles. The summed E-state index contributed by atoms with van der Waals surface area (Å²) in [4.78, 5) is 47.0. The number of rotatable bonds is 13. The van der Waals surface area contributed by atoms with E-state index < -0.39 is 22.8 Å². The van der Waals surface area contributed by atoms with E-state index in [1.165, 1.54) is 51.7 Å². The second kappa shape index (κ2) is 13.0. The van der Waals surface area contributed by atoms with Crippen LogP contribution in [0.5, 0.6) is 5.75 Å². The molecule has 2 aromatic carbocycles. The lowest BCUT2D eigenvalue weighted by atomic mass is 9.90. The molecule has 0 bridgehead atoms. The number of non-ortho nitro benzene ring substituents is 1. The highest BCUT2D eigenvalue weighted by molar-refractivity contribution is 5.90. The molecule has 0 radical (unpaired) electrons. The van der Waals surface area contributed by atoms with E-state index in [-0.39, 0.29) is 47.9 Å². The Balaban J connectivity index is 2.64. The number of nitro groups is 1. The summed E-state index contributed by atoms with van der Waals surface area (Å²) in [5.41, 5.74) is 0.781. The molecule has 1 unspecified atom stereocenters. The van der Waals surface area contributed by atoms with Gasteiger partial charge in [0.15, 0.2) is 13.1 Å². The number of benzene rings is 2. The smallest absolute Gasteiger partial charge is 0.313 e. The maximum atomic E-state index is 12.4. The molecule has 0 N–H and O–H groups in total. The van der Waals surface area contributed by atoms with Gasteiger partial charge in [0.05, 0.1) is 50.3 Å². The van der Waals surface area contributed by atoms with Gasteiger partial charge in [0.25, 0.3) is 5.69 Å². The minimum atomic E-state index is -1.08. The molecule has 0 aliphatic heterocycles. The number of aldehydes is 1. The fraction of sp³-hybridized carbons (Fsp3) is 0.348. The van der Waals surface area contributed by atoms with Crippen molar-refractivity contribution in [2.45, 2.75) is 12.3 Å². The first-order chi connectivity index (χ1) is 16.4. The Labute approximate surface area is 195 Å². The monoisotopic (exact) mass is 475 g/mol. The van der Waals surface area contributed by atoms with Crippen molar-refractivity contribution in [1.82, 2.24) is 0 Å². The van der Waals surface area contributed by atoms with Crippen LogP contribution in [0.3, 0.4) is 0 Å². The van der Waals surface area contributed by atoms with Gasteiger partial charge in [-0.3, -0.25) is 24.5 Å². The molecule has 0 saturated heterocycles. The first-order valence-electron chi connectivity index (χ1n) is 10.1. The molecule has 0 aliphatic carbocycles. The van der Waals surface area contributed by atoms with Crippen LogP contribution in [-0.4, -0.2) is 64.5 Å². The van der Waals surface area contributed by atoms with E-state index in [1.807, 2.05) is 0 Å². The van der Waals surface area contributed by atoms with Crippen molar-refractivity contribution in [1.29, 1.82) is 0 Å². The Kier molecular flexibility index (Phi) is 10.1. The molecule has 1 atom stereocenters. The second-order valence-corrected chi connectivity index (χ2v) is 6.93. The molecule has 0 fully saturated rings. The van der Waals surface area contributed by atoms with Gasteiger partial charge in [-0.25, -0.2) is 0 Å². The number of methoxy groups -OCH3 is 3. The molecule has 0 heterocycles. The highest BCUT2D eigenvalue weighted by atomic mass is 16.7. The van der Waals surface area contributed by atoms with Crippen LogP contribution < -0.4 is 4.74 Å². The number of nitrogens with zero attached hydrogens (tertiary/aromatic N) is 1. The van der Waals surface area contributed by atoms with Crippen LogP contribution in [0.4, 0.5) is 5.69 Å². The standard InChI is InChI=1S/C23H25NO10/c1-30-7-8-33-14-34-22-17(13-25)9-16(20(23(27)32-3)12-21(26)31-2)11-19(22)15-5-4-6-18(10-15)24(28)29/h4-6,9-11,13,20H,7-8,12,14H2,1-3H3. The van der Waals surface area contributed by atoms with E-state index in [1.54, 1.807) is 6.07 Å². The molecule has 0 spiro atoms. The molecule has 0 aromatic heterocycles.